The maximum Gasteiger partial charge on any atom is 0.193 e. The highest BCUT2D eigenvalue weighted by Crippen LogP contribution is 2.14. The van der Waals surface area contributed by atoms with E-state index in [4.69, 9.17) is 10.5 Å². The van der Waals surface area contributed by atoms with Gasteiger partial charge in [-0.3, -0.25) is 4.99 Å². The first-order chi connectivity index (χ1) is 8.96. The van der Waals surface area contributed by atoms with Crippen LogP contribution in [0.4, 0.5) is 5.69 Å². The highest BCUT2D eigenvalue weighted by molar-refractivity contribution is 7.91. The third-order valence-corrected chi connectivity index (χ3v) is 4.17. The van der Waals surface area contributed by atoms with Crippen molar-refractivity contribution in [2.75, 3.05) is 30.5 Å². The molecule has 0 amide bonds. The molecule has 7 heteroatoms. The highest BCUT2D eigenvalue weighted by atomic mass is 32.2. The Balaban J connectivity index is 2.51. The minimum atomic E-state index is -3.00. The number of rotatable bonds is 6. The summed E-state index contributed by atoms with van der Waals surface area (Å²) in [6.07, 6.45) is 0. The summed E-state index contributed by atoms with van der Waals surface area (Å²) in [5, 5.41) is 2.87. The van der Waals surface area contributed by atoms with E-state index in [0.717, 1.165) is 11.4 Å². The van der Waals surface area contributed by atoms with Gasteiger partial charge in [0.15, 0.2) is 15.8 Å². The number of sulfone groups is 1. The van der Waals surface area contributed by atoms with E-state index in [9.17, 15) is 8.42 Å². The van der Waals surface area contributed by atoms with Crippen LogP contribution in [-0.2, 0) is 9.84 Å². The van der Waals surface area contributed by atoms with Crippen LogP contribution < -0.4 is 15.8 Å². The Labute approximate surface area is 113 Å². The first-order valence-corrected chi connectivity index (χ1v) is 7.70. The van der Waals surface area contributed by atoms with Crippen molar-refractivity contribution in [3.63, 3.8) is 0 Å². The normalized spacial score (nSPS) is 12.2. The highest BCUT2D eigenvalue weighted by Gasteiger charge is 2.05. The van der Waals surface area contributed by atoms with Crippen molar-refractivity contribution in [2.24, 2.45) is 10.7 Å². The molecule has 0 unspecified atom stereocenters. The molecule has 3 N–H and O–H groups in total. The van der Waals surface area contributed by atoms with Gasteiger partial charge in [-0.25, -0.2) is 8.42 Å². The zero-order valence-corrected chi connectivity index (χ0v) is 11.9. The fourth-order valence-electron chi connectivity index (χ4n) is 1.31. The summed E-state index contributed by atoms with van der Waals surface area (Å²) in [5.74, 6) is 1.06. The molecule has 0 aliphatic carbocycles. The van der Waals surface area contributed by atoms with Gasteiger partial charge < -0.3 is 15.8 Å². The second-order valence-electron chi connectivity index (χ2n) is 3.86. The molecular formula is C12H19N3O3S. The van der Waals surface area contributed by atoms with Crippen LogP contribution in [-0.4, -0.2) is 39.5 Å². The molecule has 0 atom stereocenters. The Morgan fingerprint density at radius 3 is 2.53 bits per heavy atom. The van der Waals surface area contributed by atoms with Crippen molar-refractivity contribution in [1.29, 1.82) is 0 Å². The molecule has 0 saturated carbocycles. The van der Waals surface area contributed by atoms with Crippen LogP contribution in [0.5, 0.6) is 5.75 Å². The molecule has 0 aromatic heterocycles. The Bertz CT molecular complexity index is 524. The van der Waals surface area contributed by atoms with Crippen molar-refractivity contribution in [1.82, 2.24) is 0 Å². The number of ether oxygens (including phenoxy) is 1. The van der Waals surface area contributed by atoms with E-state index >= 15 is 0 Å². The predicted molar refractivity (Wildman–Crippen MR) is 77.4 cm³/mol. The van der Waals surface area contributed by atoms with Crippen molar-refractivity contribution < 1.29 is 13.2 Å². The number of hydrogen-bond acceptors (Lipinski definition) is 4. The second kappa shape index (κ2) is 6.98. The molecule has 1 rings (SSSR count). The number of nitrogens with one attached hydrogen (secondary N) is 1. The van der Waals surface area contributed by atoms with Gasteiger partial charge in [0.1, 0.15) is 5.75 Å². The van der Waals surface area contributed by atoms with Crippen LogP contribution >= 0.6 is 0 Å². The number of nitrogens with two attached hydrogens (primary N) is 1. The molecule has 1 aromatic carbocycles. The number of benzene rings is 1. The zero-order valence-electron chi connectivity index (χ0n) is 11.1. The third kappa shape index (κ3) is 5.60. The Kier molecular flexibility index (Phi) is 5.62. The molecule has 0 spiro atoms. The van der Waals surface area contributed by atoms with Gasteiger partial charge in [-0.1, -0.05) is 6.92 Å². The lowest BCUT2D eigenvalue weighted by atomic mass is 10.3. The molecule has 0 heterocycles. The average molecular weight is 285 g/mol. The maximum atomic E-state index is 11.3. The number of nitrogens with zero attached hydrogens (tertiary/aromatic N) is 1. The molecule has 1 aromatic rings. The van der Waals surface area contributed by atoms with Crippen molar-refractivity contribution in [2.45, 2.75) is 6.92 Å². The van der Waals surface area contributed by atoms with Gasteiger partial charge in [-0.15, -0.1) is 0 Å². The largest absolute Gasteiger partial charge is 0.497 e. The summed E-state index contributed by atoms with van der Waals surface area (Å²) in [6.45, 7) is 1.77. The van der Waals surface area contributed by atoms with Crippen LogP contribution in [0.3, 0.4) is 0 Å². The minimum Gasteiger partial charge on any atom is -0.497 e. The van der Waals surface area contributed by atoms with E-state index in [1.165, 1.54) is 0 Å². The first-order valence-electron chi connectivity index (χ1n) is 5.88. The van der Waals surface area contributed by atoms with Gasteiger partial charge in [-0.2, -0.15) is 0 Å². The summed E-state index contributed by atoms with van der Waals surface area (Å²) in [6, 6.07) is 7.17. The lowest BCUT2D eigenvalue weighted by molar-refractivity contribution is 0.415. The molecule has 0 aliphatic rings. The molecular weight excluding hydrogens is 266 g/mol. The van der Waals surface area contributed by atoms with Gasteiger partial charge in [-0.05, 0) is 24.3 Å². The molecule has 0 fully saturated rings. The number of aliphatic imine (C=N–C) groups is 1. The van der Waals surface area contributed by atoms with Gasteiger partial charge in [0, 0.05) is 11.4 Å². The van der Waals surface area contributed by atoms with Crippen LogP contribution in [0.1, 0.15) is 6.92 Å². The molecule has 0 bridgehead atoms. The number of guanidine groups is 1. The molecule has 19 heavy (non-hydrogen) atoms. The topological polar surface area (TPSA) is 93.8 Å². The fourth-order valence-corrected chi connectivity index (χ4v) is 1.97. The Hall–Kier alpha value is -1.76. The summed E-state index contributed by atoms with van der Waals surface area (Å²) in [7, 11) is -1.41. The smallest absolute Gasteiger partial charge is 0.193 e. The van der Waals surface area contributed by atoms with Crippen LogP contribution in [0, 0.1) is 0 Å². The lowest BCUT2D eigenvalue weighted by Crippen LogP contribution is -2.24. The minimum absolute atomic E-state index is 0.00843. The lowest BCUT2D eigenvalue weighted by Gasteiger charge is -2.06. The second-order valence-corrected chi connectivity index (χ2v) is 6.33. The monoisotopic (exact) mass is 285 g/mol. The van der Waals surface area contributed by atoms with Crippen LogP contribution in [0.2, 0.25) is 0 Å². The fraction of sp³-hybridized carbons (Fsp3) is 0.417. The standard InChI is InChI=1S/C12H19N3O3S/c1-3-19(16,17)9-8-14-12(13)15-10-4-6-11(18-2)7-5-10/h4-7H,3,8-9H2,1-2H3,(H3,13,14,15). The Morgan fingerprint density at radius 1 is 1.37 bits per heavy atom. The van der Waals surface area contributed by atoms with Crippen molar-refractivity contribution in [3.8, 4) is 5.75 Å². The summed E-state index contributed by atoms with van der Waals surface area (Å²) < 4.78 is 27.6. The quantitative estimate of drug-likeness (QED) is 0.597. The maximum absolute atomic E-state index is 11.3. The van der Waals surface area contributed by atoms with E-state index in [0.29, 0.717) is 0 Å². The van der Waals surface area contributed by atoms with Gasteiger partial charge >= 0.3 is 0 Å². The van der Waals surface area contributed by atoms with Gasteiger partial charge in [0.25, 0.3) is 0 Å². The van der Waals surface area contributed by atoms with Crippen molar-refractivity contribution >= 4 is 21.5 Å². The van der Waals surface area contributed by atoms with E-state index < -0.39 is 9.84 Å². The van der Waals surface area contributed by atoms with E-state index in [1.807, 2.05) is 0 Å². The molecule has 0 radical (unpaired) electrons. The first kappa shape index (κ1) is 15.3. The zero-order chi connectivity index (χ0) is 14.3. The van der Waals surface area contributed by atoms with E-state index in [1.54, 1.807) is 38.3 Å². The molecule has 0 aliphatic heterocycles. The average Bonchev–Trinajstić information content (AvgIpc) is 2.39. The third-order valence-electron chi connectivity index (χ3n) is 2.49. The Morgan fingerprint density at radius 2 is 2.00 bits per heavy atom. The number of anilines is 1. The summed E-state index contributed by atoms with van der Waals surface area (Å²) >= 11 is 0. The molecule has 0 saturated heterocycles. The van der Waals surface area contributed by atoms with Gasteiger partial charge in [0.05, 0.1) is 19.4 Å². The number of hydrogen-bond donors (Lipinski definition) is 2. The van der Waals surface area contributed by atoms with E-state index in [-0.39, 0.29) is 24.0 Å². The predicted octanol–water partition coefficient (Wildman–Crippen LogP) is 0.857. The summed E-state index contributed by atoms with van der Waals surface area (Å²) in [4.78, 5) is 3.97. The SMILES string of the molecule is CCS(=O)(=O)CCN=C(N)Nc1ccc(OC)cc1. The van der Waals surface area contributed by atoms with Crippen LogP contribution in [0.15, 0.2) is 29.3 Å². The summed E-state index contributed by atoms with van der Waals surface area (Å²) in [5.41, 5.74) is 6.42. The molecule has 6 nitrogen and oxygen atoms in total. The van der Waals surface area contributed by atoms with Crippen molar-refractivity contribution in [3.05, 3.63) is 24.3 Å². The molecule has 106 valence electrons. The van der Waals surface area contributed by atoms with Crippen LogP contribution in [0.25, 0.3) is 0 Å². The van der Waals surface area contributed by atoms with Gasteiger partial charge in [0.2, 0.25) is 0 Å². The van der Waals surface area contributed by atoms with E-state index in [2.05, 4.69) is 10.3 Å². The number of methoxy groups -OCH3 is 1.